The van der Waals surface area contributed by atoms with Crippen molar-refractivity contribution in [2.45, 2.75) is 46.3 Å². The maximum absolute atomic E-state index is 12.0. The van der Waals surface area contributed by atoms with Crippen LogP contribution in [-0.4, -0.2) is 23.5 Å². The first-order valence-corrected chi connectivity index (χ1v) is 5.77. The highest BCUT2D eigenvalue weighted by molar-refractivity contribution is 6.02. The molecule has 0 aromatic carbocycles. The molecule has 0 aliphatic carbocycles. The number of hydrogen-bond donors (Lipinski definition) is 1. The molecule has 1 rings (SSSR count). The number of alkyl carbamates (subject to hydrolysis) is 1. The molecular weight excluding hydrogens is 234 g/mol. The molecule has 1 aromatic heterocycles. The molecule has 0 spiro atoms. The molecule has 5 nitrogen and oxygen atoms in total. The third-order valence-electron chi connectivity index (χ3n) is 2.25. The summed E-state index contributed by atoms with van der Waals surface area (Å²) < 4.78 is 10.0. The molecule has 1 aromatic rings. The quantitative estimate of drug-likeness (QED) is 0.841. The highest BCUT2D eigenvalue weighted by Gasteiger charge is 2.23. The van der Waals surface area contributed by atoms with Gasteiger partial charge in [0.25, 0.3) is 0 Å². The highest BCUT2D eigenvalue weighted by atomic mass is 16.6. The van der Waals surface area contributed by atoms with Crippen LogP contribution in [0.1, 0.15) is 43.6 Å². The predicted molar refractivity (Wildman–Crippen MR) is 66.6 cm³/mol. The first kappa shape index (κ1) is 14.3. The zero-order valence-electron chi connectivity index (χ0n) is 11.4. The molecule has 0 radical (unpaired) electrons. The van der Waals surface area contributed by atoms with E-state index in [0.29, 0.717) is 5.56 Å². The van der Waals surface area contributed by atoms with Gasteiger partial charge in [-0.3, -0.25) is 4.79 Å². The minimum atomic E-state index is -0.656. The van der Waals surface area contributed by atoms with Crippen LogP contribution in [0, 0.1) is 6.92 Å². The average Bonchev–Trinajstić information content (AvgIpc) is 2.60. The fourth-order valence-corrected chi connectivity index (χ4v) is 1.40. The number of rotatable bonds is 3. The lowest BCUT2D eigenvalue weighted by Crippen LogP contribution is -2.41. The van der Waals surface area contributed by atoms with Crippen LogP contribution >= 0.6 is 0 Å². The third kappa shape index (κ3) is 3.91. The third-order valence-corrected chi connectivity index (χ3v) is 2.25. The summed E-state index contributed by atoms with van der Waals surface area (Å²) in [4.78, 5) is 23.5. The Morgan fingerprint density at radius 2 is 1.94 bits per heavy atom. The van der Waals surface area contributed by atoms with Crippen LogP contribution in [-0.2, 0) is 4.74 Å². The molecule has 1 heterocycles. The van der Waals surface area contributed by atoms with Gasteiger partial charge in [-0.1, -0.05) is 0 Å². The smallest absolute Gasteiger partial charge is 0.408 e. The molecule has 0 aliphatic heterocycles. The number of aryl methyl sites for hydroxylation is 1. The number of carbonyl (C=O) groups excluding carboxylic acids is 2. The molecule has 18 heavy (non-hydrogen) atoms. The number of hydrogen-bond acceptors (Lipinski definition) is 4. The Kier molecular flexibility index (Phi) is 4.16. The van der Waals surface area contributed by atoms with E-state index in [1.54, 1.807) is 34.6 Å². The molecule has 1 unspecified atom stereocenters. The Bertz CT molecular complexity index is 442. The maximum atomic E-state index is 12.0. The van der Waals surface area contributed by atoms with E-state index in [2.05, 4.69) is 5.32 Å². The molecule has 5 heteroatoms. The lowest BCUT2D eigenvalue weighted by atomic mass is 10.1. The number of furan rings is 1. The van der Waals surface area contributed by atoms with Crippen molar-refractivity contribution in [1.29, 1.82) is 0 Å². The van der Waals surface area contributed by atoms with Crippen molar-refractivity contribution in [3.63, 3.8) is 0 Å². The van der Waals surface area contributed by atoms with E-state index in [9.17, 15) is 9.59 Å². The minimum Gasteiger partial charge on any atom is -0.472 e. The summed E-state index contributed by atoms with van der Waals surface area (Å²) in [6.07, 6.45) is 2.27. The van der Waals surface area contributed by atoms with Crippen molar-refractivity contribution < 1.29 is 18.7 Å². The van der Waals surface area contributed by atoms with Crippen LogP contribution in [0.15, 0.2) is 16.9 Å². The lowest BCUT2D eigenvalue weighted by Gasteiger charge is -2.21. The van der Waals surface area contributed by atoms with Crippen LogP contribution in [0.3, 0.4) is 0 Å². The lowest BCUT2D eigenvalue weighted by molar-refractivity contribution is 0.0496. The second-order valence-corrected chi connectivity index (χ2v) is 5.20. The molecular formula is C13H19NO4. The standard InChI is InChI=1S/C13H19NO4/c1-8-6-17-7-10(8)11(15)9(2)14-12(16)18-13(3,4)5/h6-7,9H,1-5H3,(H,14,16). The number of carbonyl (C=O) groups is 2. The Labute approximate surface area is 106 Å². The van der Waals surface area contributed by atoms with E-state index in [1.807, 2.05) is 0 Å². The fourth-order valence-electron chi connectivity index (χ4n) is 1.40. The summed E-state index contributed by atoms with van der Waals surface area (Å²) in [5.41, 5.74) is 0.634. The van der Waals surface area contributed by atoms with Gasteiger partial charge in [0.2, 0.25) is 0 Å². The monoisotopic (exact) mass is 253 g/mol. The zero-order chi connectivity index (χ0) is 13.9. The first-order chi connectivity index (χ1) is 8.20. The first-order valence-electron chi connectivity index (χ1n) is 5.77. The molecule has 100 valence electrons. The second-order valence-electron chi connectivity index (χ2n) is 5.20. The maximum Gasteiger partial charge on any atom is 0.408 e. The van der Waals surface area contributed by atoms with Gasteiger partial charge in [0.05, 0.1) is 17.9 Å². The Hall–Kier alpha value is -1.78. The molecule has 0 saturated heterocycles. The zero-order valence-corrected chi connectivity index (χ0v) is 11.4. The van der Waals surface area contributed by atoms with Gasteiger partial charge in [0.1, 0.15) is 11.9 Å². The average molecular weight is 253 g/mol. The number of Topliss-reactive ketones (excluding diaryl/α,β-unsaturated/α-hetero) is 1. The van der Waals surface area contributed by atoms with Gasteiger partial charge in [0, 0.05) is 0 Å². The van der Waals surface area contributed by atoms with Gasteiger partial charge in [-0.05, 0) is 40.2 Å². The molecule has 1 amide bonds. The van der Waals surface area contributed by atoms with Gasteiger partial charge in [-0.15, -0.1) is 0 Å². The van der Waals surface area contributed by atoms with Crippen molar-refractivity contribution in [3.05, 3.63) is 23.7 Å². The Balaban J connectivity index is 2.61. The van der Waals surface area contributed by atoms with Crippen LogP contribution < -0.4 is 5.32 Å². The molecule has 0 saturated carbocycles. The van der Waals surface area contributed by atoms with E-state index >= 15 is 0 Å². The summed E-state index contributed by atoms with van der Waals surface area (Å²) in [6, 6.07) is -0.656. The summed E-state index contributed by atoms with van der Waals surface area (Å²) in [7, 11) is 0. The van der Waals surface area contributed by atoms with Crippen molar-refractivity contribution >= 4 is 11.9 Å². The Morgan fingerprint density at radius 3 is 2.39 bits per heavy atom. The second kappa shape index (κ2) is 5.25. The van der Waals surface area contributed by atoms with Gasteiger partial charge in [0.15, 0.2) is 5.78 Å². The number of nitrogens with one attached hydrogen (secondary N) is 1. The SMILES string of the molecule is Cc1cocc1C(=O)C(C)NC(=O)OC(C)(C)C. The molecule has 1 atom stereocenters. The predicted octanol–water partition coefficient (Wildman–Crippen LogP) is 2.68. The van der Waals surface area contributed by atoms with Crippen LogP contribution in [0.4, 0.5) is 4.79 Å². The summed E-state index contributed by atoms with van der Waals surface area (Å²) in [5.74, 6) is -0.202. The number of ether oxygens (including phenoxy) is 1. The van der Waals surface area contributed by atoms with Crippen LogP contribution in [0.5, 0.6) is 0 Å². The van der Waals surface area contributed by atoms with E-state index < -0.39 is 17.7 Å². The summed E-state index contributed by atoms with van der Waals surface area (Å²) >= 11 is 0. The number of ketones is 1. The van der Waals surface area contributed by atoms with E-state index in [4.69, 9.17) is 9.15 Å². The van der Waals surface area contributed by atoms with Crippen molar-refractivity contribution in [1.82, 2.24) is 5.32 Å². The summed E-state index contributed by atoms with van der Waals surface area (Å²) in [6.45, 7) is 8.67. The largest absolute Gasteiger partial charge is 0.472 e. The molecule has 0 aliphatic rings. The van der Waals surface area contributed by atoms with Gasteiger partial charge in [-0.25, -0.2) is 4.79 Å². The fraction of sp³-hybridized carbons (Fsp3) is 0.538. The molecule has 0 bridgehead atoms. The minimum absolute atomic E-state index is 0.202. The highest BCUT2D eigenvalue weighted by Crippen LogP contribution is 2.12. The van der Waals surface area contributed by atoms with Crippen molar-refractivity contribution in [2.24, 2.45) is 0 Å². The van der Waals surface area contributed by atoms with Crippen molar-refractivity contribution in [3.8, 4) is 0 Å². The van der Waals surface area contributed by atoms with Gasteiger partial charge in [-0.2, -0.15) is 0 Å². The molecule has 0 fully saturated rings. The Morgan fingerprint density at radius 1 is 1.33 bits per heavy atom. The van der Waals surface area contributed by atoms with E-state index in [-0.39, 0.29) is 5.78 Å². The van der Waals surface area contributed by atoms with E-state index in [1.165, 1.54) is 12.5 Å². The van der Waals surface area contributed by atoms with E-state index in [0.717, 1.165) is 5.56 Å². The normalized spacial score (nSPS) is 12.9. The van der Waals surface area contributed by atoms with Gasteiger partial charge < -0.3 is 14.5 Å². The molecule has 1 N–H and O–H groups in total. The van der Waals surface area contributed by atoms with Crippen LogP contribution in [0.25, 0.3) is 0 Å². The van der Waals surface area contributed by atoms with Gasteiger partial charge >= 0.3 is 6.09 Å². The summed E-state index contributed by atoms with van der Waals surface area (Å²) in [5, 5.41) is 2.50. The number of amides is 1. The van der Waals surface area contributed by atoms with Crippen LogP contribution in [0.2, 0.25) is 0 Å². The topological polar surface area (TPSA) is 68.5 Å². The van der Waals surface area contributed by atoms with Crippen molar-refractivity contribution in [2.75, 3.05) is 0 Å².